The van der Waals surface area contributed by atoms with Gasteiger partial charge in [0.05, 0.1) is 5.60 Å². The van der Waals surface area contributed by atoms with E-state index in [9.17, 15) is 0 Å². The molecule has 0 aliphatic carbocycles. The van der Waals surface area contributed by atoms with Gasteiger partial charge in [0.15, 0.2) is 5.11 Å². The SMILES string of the molecule is CNC(=S)N1CCC(C2(c3ccc(Cl)cc3)CCCO2)CC1. The molecule has 3 nitrogen and oxygen atoms in total. The first-order chi connectivity index (χ1) is 10.7. The number of rotatable bonds is 2. The monoisotopic (exact) mass is 338 g/mol. The maximum Gasteiger partial charge on any atom is 0.168 e. The van der Waals surface area contributed by atoms with E-state index in [0.717, 1.165) is 55.5 Å². The van der Waals surface area contributed by atoms with Crippen molar-refractivity contribution in [3.05, 3.63) is 34.9 Å². The number of hydrogen-bond acceptors (Lipinski definition) is 2. The van der Waals surface area contributed by atoms with E-state index in [1.807, 2.05) is 19.2 Å². The van der Waals surface area contributed by atoms with Crippen LogP contribution in [0, 0.1) is 5.92 Å². The molecule has 2 fully saturated rings. The van der Waals surface area contributed by atoms with Crippen LogP contribution in [0.4, 0.5) is 0 Å². The van der Waals surface area contributed by atoms with Crippen molar-refractivity contribution in [3.63, 3.8) is 0 Å². The largest absolute Gasteiger partial charge is 0.370 e. The summed E-state index contributed by atoms with van der Waals surface area (Å²) >= 11 is 11.4. The Morgan fingerprint density at radius 1 is 1.32 bits per heavy atom. The number of likely N-dealkylation sites (tertiary alicyclic amines) is 1. The first kappa shape index (κ1) is 16.0. The molecule has 1 atom stereocenters. The lowest BCUT2D eigenvalue weighted by Gasteiger charge is -2.43. The van der Waals surface area contributed by atoms with Crippen molar-refractivity contribution in [1.29, 1.82) is 0 Å². The van der Waals surface area contributed by atoms with Crippen LogP contribution in [0.2, 0.25) is 5.02 Å². The molecule has 0 saturated carbocycles. The minimum atomic E-state index is -0.127. The van der Waals surface area contributed by atoms with Crippen LogP contribution < -0.4 is 5.32 Å². The third-order valence-electron chi connectivity index (χ3n) is 5.04. The Morgan fingerprint density at radius 2 is 2.00 bits per heavy atom. The van der Waals surface area contributed by atoms with E-state index in [1.165, 1.54) is 5.56 Å². The highest BCUT2D eigenvalue weighted by molar-refractivity contribution is 7.80. The third kappa shape index (κ3) is 2.97. The number of halogens is 1. The molecule has 1 aromatic carbocycles. The predicted molar refractivity (Wildman–Crippen MR) is 94.3 cm³/mol. The Bertz CT molecular complexity index is 520. The van der Waals surface area contributed by atoms with E-state index in [-0.39, 0.29) is 5.60 Å². The summed E-state index contributed by atoms with van der Waals surface area (Å²) < 4.78 is 6.32. The van der Waals surface area contributed by atoms with E-state index >= 15 is 0 Å². The minimum absolute atomic E-state index is 0.127. The molecular weight excluding hydrogens is 316 g/mol. The second kappa shape index (κ2) is 6.73. The van der Waals surface area contributed by atoms with Gasteiger partial charge in [0.1, 0.15) is 0 Å². The van der Waals surface area contributed by atoms with Gasteiger partial charge in [-0.1, -0.05) is 23.7 Å². The van der Waals surface area contributed by atoms with E-state index in [0.29, 0.717) is 5.92 Å². The van der Waals surface area contributed by atoms with Gasteiger partial charge in [0.25, 0.3) is 0 Å². The quantitative estimate of drug-likeness (QED) is 0.833. The first-order valence-corrected chi connectivity index (χ1v) is 8.81. The number of ether oxygens (including phenoxy) is 1. The van der Waals surface area contributed by atoms with Gasteiger partial charge >= 0.3 is 0 Å². The zero-order valence-corrected chi connectivity index (χ0v) is 14.6. The Hall–Kier alpha value is -0.840. The zero-order chi connectivity index (χ0) is 15.6. The molecule has 5 heteroatoms. The van der Waals surface area contributed by atoms with Crippen LogP contribution in [-0.2, 0) is 10.3 Å². The maximum absolute atomic E-state index is 6.32. The summed E-state index contributed by atoms with van der Waals surface area (Å²) in [7, 11) is 1.89. The topological polar surface area (TPSA) is 24.5 Å². The van der Waals surface area contributed by atoms with Crippen molar-refractivity contribution in [2.24, 2.45) is 5.92 Å². The van der Waals surface area contributed by atoms with Gasteiger partial charge in [-0.3, -0.25) is 0 Å². The molecule has 0 bridgehead atoms. The molecule has 1 unspecified atom stereocenters. The predicted octanol–water partition coefficient (Wildman–Crippen LogP) is 3.56. The fourth-order valence-corrected chi connectivity index (χ4v) is 4.19. The second-order valence-electron chi connectivity index (χ2n) is 6.16. The third-order valence-corrected chi connectivity index (χ3v) is 5.75. The van der Waals surface area contributed by atoms with Crippen LogP contribution >= 0.6 is 23.8 Å². The average Bonchev–Trinajstić information content (AvgIpc) is 3.06. The molecule has 22 heavy (non-hydrogen) atoms. The van der Waals surface area contributed by atoms with Crippen molar-refractivity contribution in [3.8, 4) is 0 Å². The molecule has 2 aliphatic rings. The van der Waals surface area contributed by atoms with Gasteiger partial charge in [0.2, 0.25) is 0 Å². The molecule has 1 aromatic rings. The highest BCUT2D eigenvalue weighted by atomic mass is 35.5. The summed E-state index contributed by atoms with van der Waals surface area (Å²) in [6.45, 7) is 2.86. The summed E-state index contributed by atoms with van der Waals surface area (Å²) in [4.78, 5) is 2.26. The van der Waals surface area contributed by atoms with Gasteiger partial charge < -0.3 is 15.0 Å². The molecule has 0 radical (unpaired) electrons. The van der Waals surface area contributed by atoms with Crippen LogP contribution in [0.3, 0.4) is 0 Å². The fourth-order valence-electron chi connectivity index (χ4n) is 3.89. The van der Waals surface area contributed by atoms with E-state index in [4.69, 9.17) is 28.6 Å². The molecule has 3 rings (SSSR count). The van der Waals surface area contributed by atoms with Crippen LogP contribution in [-0.4, -0.2) is 36.8 Å². The van der Waals surface area contributed by atoms with Crippen LogP contribution in [0.1, 0.15) is 31.2 Å². The van der Waals surface area contributed by atoms with Gasteiger partial charge in [-0.25, -0.2) is 0 Å². The van der Waals surface area contributed by atoms with Gasteiger partial charge in [0, 0.05) is 31.8 Å². The smallest absolute Gasteiger partial charge is 0.168 e. The van der Waals surface area contributed by atoms with Gasteiger partial charge in [-0.15, -0.1) is 0 Å². The number of benzene rings is 1. The summed E-state index contributed by atoms with van der Waals surface area (Å²) in [5.41, 5.74) is 1.15. The molecule has 2 saturated heterocycles. The number of thiocarbonyl (C=S) groups is 1. The number of hydrogen-bond donors (Lipinski definition) is 1. The van der Waals surface area contributed by atoms with Crippen molar-refractivity contribution in [2.45, 2.75) is 31.3 Å². The molecule has 0 amide bonds. The molecule has 120 valence electrons. The molecule has 0 aromatic heterocycles. The lowest BCUT2D eigenvalue weighted by atomic mass is 9.74. The van der Waals surface area contributed by atoms with E-state index in [1.54, 1.807) is 0 Å². The first-order valence-electron chi connectivity index (χ1n) is 8.02. The van der Waals surface area contributed by atoms with Crippen molar-refractivity contribution in [2.75, 3.05) is 26.7 Å². The van der Waals surface area contributed by atoms with E-state index < -0.39 is 0 Å². The standard InChI is InChI=1S/C17H23ClN2OS/c1-19-16(22)20-10-7-14(8-11-20)17(9-2-12-21-17)13-3-5-15(18)6-4-13/h3-6,14H,2,7-12H2,1H3,(H,19,22). The van der Waals surface area contributed by atoms with Crippen molar-refractivity contribution < 1.29 is 4.74 Å². The average molecular weight is 339 g/mol. The van der Waals surface area contributed by atoms with Crippen LogP contribution in [0.15, 0.2) is 24.3 Å². The Morgan fingerprint density at radius 3 is 2.55 bits per heavy atom. The molecule has 2 heterocycles. The zero-order valence-electron chi connectivity index (χ0n) is 13.0. The van der Waals surface area contributed by atoms with Crippen molar-refractivity contribution in [1.82, 2.24) is 10.2 Å². The summed E-state index contributed by atoms with van der Waals surface area (Å²) in [5.74, 6) is 0.548. The molecule has 2 aliphatic heterocycles. The van der Waals surface area contributed by atoms with Gasteiger partial charge in [-0.05, 0) is 61.5 Å². The summed E-state index contributed by atoms with van der Waals surface area (Å²) in [6, 6.07) is 8.23. The van der Waals surface area contributed by atoms with Gasteiger partial charge in [-0.2, -0.15) is 0 Å². The maximum atomic E-state index is 6.32. The highest BCUT2D eigenvalue weighted by Crippen LogP contribution is 2.46. The number of nitrogens with one attached hydrogen (secondary N) is 1. The Balaban J connectivity index is 1.78. The molecular formula is C17H23ClN2OS. The van der Waals surface area contributed by atoms with Crippen LogP contribution in [0.5, 0.6) is 0 Å². The normalized spacial score (nSPS) is 26.2. The Labute approximate surface area is 143 Å². The lowest BCUT2D eigenvalue weighted by Crippen LogP contribution is -2.47. The van der Waals surface area contributed by atoms with Crippen LogP contribution in [0.25, 0.3) is 0 Å². The second-order valence-corrected chi connectivity index (χ2v) is 6.99. The van der Waals surface area contributed by atoms with Crippen molar-refractivity contribution >= 4 is 28.9 Å². The fraction of sp³-hybridized carbons (Fsp3) is 0.588. The lowest BCUT2D eigenvalue weighted by molar-refractivity contribution is -0.0646. The Kier molecular flexibility index (Phi) is 4.91. The summed E-state index contributed by atoms with van der Waals surface area (Å²) in [5, 5.41) is 4.71. The summed E-state index contributed by atoms with van der Waals surface area (Å²) in [6.07, 6.45) is 4.47. The molecule has 1 N–H and O–H groups in total. The van der Waals surface area contributed by atoms with E-state index in [2.05, 4.69) is 22.3 Å². The molecule has 0 spiro atoms. The highest BCUT2D eigenvalue weighted by Gasteiger charge is 2.45. The number of piperidine rings is 1. The minimum Gasteiger partial charge on any atom is -0.370 e. The number of nitrogens with zero attached hydrogens (tertiary/aromatic N) is 1.